The van der Waals surface area contributed by atoms with E-state index in [1.807, 2.05) is 28.6 Å². The van der Waals surface area contributed by atoms with Gasteiger partial charge >= 0.3 is 0 Å². The second kappa shape index (κ2) is 11.8. The maximum atomic E-state index is 13.0. The zero-order chi connectivity index (χ0) is 26.5. The van der Waals surface area contributed by atoms with Crippen molar-refractivity contribution in [1.82, 2.24) is 14.8 Å². The van der Waals surface area contributed by atoms with Crippen molar-refractivity contribution in [1.29, 1.82) is 0 Å². The fourth-order valence-corrected chi connectivity index (χ4v) is 7.39. The molecule has 1 saturated heterocycles. The Hall–Kier alpha value is -3.06. The summed E-state index contributed by atoms with van der Waals surface area (Å²) in [5, 5.41) is 1.90. The zero-order valence-electron chi connectivity index (χ0n) is 22.6. The van der Waals surface area contributed by atoms with Crippen LogP contribution in [0.25, 0.3) is 0 Å². The Kier molecular flexibility index (Phi) is 8.22. The Morgan fingerprint density at radius 1 is 1.16 bits per heavy atom. The van der Waals surface area contributed by atoms with Crippen molar-refractivity contribution >= 4 is 23.2 Å². The number of nitrogens with zero attached hydrogens (tertiary/aromatic N) is 2. The molecule has 1 N–H and O–H groups in total. The van der Waals surface area contributed by atoms with Gasteiger partial charge in [-0.15, -0.1) is 11.3 Å². The van der Waals surface area contributed by atoms with Crippen LogP contribution in [0.3, 0.4) is 0 Å². The number of thiophene rings is 1. The van der Waals surface area contributed by atoms with E-state index >= 15 is 0 Å². The van der Waals surface area contributed by atoms with Gasteiger partial charge in [-0.1, -0.05) is 25.5 Å². The number of aromatic amines is 1. The molecular weight excluding hydrogens is 494 g/mol. The molecule has 1 aromatic carbocycles. The number of carbonyl (C=O) groups is 2. The number of H-pyrrole nitrogens is 1. The molecule has 2 aliphatic rings. The summed E-state index contributed by atoms with van der Waals surface area (Å²) in [5.41, 5.74) is 4.22. The molecule has 6 nitrogen and oxygen atoms in total. The van der Waals surface area contributed by atoms with Crippen molar-refractivity contribution in [3.05, 3.63) is 75.7 Å². The quantitative estimate of drug-likeness (QED) is 0.364. The average Bonchev–Trinajstić information content (AvgIpc) is 3.68. The molecule has 2 unspecified atom stereocenters. The van der Waals surface area contributed by atoms with Gasteiger partial charge < -0.3 is 19.5 Å². The number of nitrogens with one attached hydrogen (secondary N) is 1. The third-order valence-corrected chi connectivity index (χ3v) is 9.50. The minimum Gasteiger partial charge on any atom is -0.497 e. The van der Waals surface area contributed by atoms with Gasteiger partial charge in [-0.25, -0.2) is 0 Å². The van der Waals surface area contributed by atoms with Crippen LogP contribution in [0.2, 0.25) is 0 Å². The van der Waals surface area contributed by atoms with Gasteiger partial charge in [0.1, 0.15) is 12.3 Å². The van der Waals surface area contributed by atoms with Crippen LogP contribution in [0, 0.1) is 5.92 Å². The molecule has 7 heteroatoms. The maximum Gasteiger partial charge on any atom is 0.264 e. The summed E-state index contributed by atoms with van der Waals surface area (Å²) in [6.45, 7) is 4.40. The Labute approximate surface area is 230 Å². The first-order valence-electron chi connectivity index (χ1n) is 13.9. The van der Waals surface area contributed by atoms with Crippen molar-refractivity contribution in [2.24, 2.45) is 5.92 Å². The van der Waals surface area contributed by atoms with Gasteiger partial charge in [-0.3, -0.25) is 9.59 Å². The summed E-state index contributed by atoms with van der Waals surface area (Å²) < 4.78 is 5.54. The second-order valence-corrected chi connectivity index (χ2v) is 11.7. The first kappa shape index (κ1) is 26.5. The predicted octanol–water partition coefficient (Wildman–Crippen LogP) is 5.69. The van der Waals surface area contributed by atoms with Crippen LogP contribution in [-0.4, -0.2) is 59.9 Å². The predicted molar refractivity (Wildman–Crippen MR) is 152 cm³/mol. The van der Waals surface area contributed by atoms with Gasteiger partial charge in [0, 0.05) is 36.9 Å². The highest BCUT2D eigenvalue weighted by Crippen LogP contribution is 2.46. The number of carbonyl (C=O) groups excluding carboxylic acids is 2. The van der Waals surface area contributed by atoms with E-state index in [1.165, 1.54) is 34.6 Å². The molecule has 2 amide bonds. The minimum atomic E-state index is -0.0316. The number of aromatic nitrogens is 1. The molecule has 0 saturated carbocycles. The third kappa shape index (κ3) is 5.39. The molecule has 1 fully saturated rings. The van der Waals surface area contributed by atoms with E-state index in [9.17, 15) is 9.59 Å². The monoisotopic (exact) mass is 533 g/mol. The summed E-state index contributed by atoms with van der Waals surface area (Å²) in [6, 6.07) is 14.6. The summed E-state index contributed by atoms with van der Waals surface area (Å²) in [4.78, 5) is 33.7. The lowest BCUT2D eigenvalue weighted by atomic mass is 9.61. The van der Waals surface area contributed by atoms with Crippen molar-refractivity contribution in [3.63, 3.8) is 0 Å². The minimum absolute atomic E-state index is 0.0316. The fraction of sp³-hybridized carbons (Fsp3) is 0.484. The number of rotatable bonds is 10. The summed E-state index contributed by atoms with van der Waals surface area (Å²) in [6.07, 6.45) is 9.58. The van der Waals surface area contributed by atoms with Crippen LogP contribution >= 0.6 is 11.3 Å². The van der Waals surface area contributed by atoms with Crippen molar-refractivity contribution in [2.75, 3.05) is 33.3 Å². The molecule has 3 aromatic rings. The number of ether oxygens (including phenoxy) is 1. The molecule has 0 bridgehead atoms. The Balaban J connectivity index is 1.28. The molecule has 1 aliphatic carbocycles. The molecule has 1 aliphatic heterocycles. The van der Waals surface area contributed by atoms with E-state index in [0.29, 0.717) is 23.9 Å². The van der Waals surface area contributed by atoms with Crippen molar-refractivity contribution in [2.45, 2.75) is 57.3 Å². The summed E-state index contributed by atoms with van der Waals surface area (Å²) >= 11 is 1.43. The topological polar surface area (TPSA) is 65.6 Å². The highest BCUT2D eigenvalue weighted by atomic mass is 32.1. The van der Waals surface area contributed by atoms with E-state index in [4.69, 9.17) is 4.74 Å². The van der Waals surface area contributed by atoms with Crippen molar-refractivity contribution in [3.8, 4) is 5.75 Å². The number of hydrogen-bond donors (Lipinski definition) is 1. The number of methoxy groups -OCH3 is 1. The SMILES string of the molecule is CCCC(CCCN1CCN(C(=O)c2cccs2)CC1=O)(c1ccc[nH]1)C1CCc2ccc(OC)cc2C1. The van der Waals surface area contributed by atoms with Crippen LogP contribution in [0.4, 0.5) is 0 Å². The largest absolute Gasteiger partial charge is 0.497 e. The van der Waals surface area contributed by atoms with Gasteiger partial charge in [0.2, 0.25) is 5.91 Å². The van der Waals surface area contributed by atoms with Crippen LogP contribution < -0.4 is 4.74 Å². The lowest BCUT2D eigenvalue weighted by molar-refractivity contribution is -0.135. The number of aryl methyl sites for hydroxylation is 1. The molecule has 202 valence electrons. The maximum absolute atomic E-state index is 13.0. The van der Waals surface area contributed by atoms with Gasteiger partial charge in [0.15, 0.2) is 0 Å². The first-order chi connectivity index (χ1) is 18.5. The molecule has 0 spiro atoms. The van der Waals surface area contributed by atoms with E-state index in [1.54, 1.807) is 12.0 Å². The zero-order valence-corrected chi connectivity index (χ0v) is 23.4. The Morgan fingerprint density at radius 3 is 2.76 bits per heavy atom. The Morgan fingerprint density at radius 2 is 2.05 bits per heavy atom. The number of amides is 2. The molecule has 2 atom stereocenters. The molecule has 38 heavy (non-hydrogen) atoms. The lowest BCUT2D eigenvalue weighted by Crippen LogP contribution is -2.52. The number of piperazine rings is 1. The van der Waals surface area contributed by atoms with E-state index in [0.717, 1.165) is 50.8 Å². The first-order valence-corrected chi connectivity index (χ1v) is 14.8. The van der Waals surface area contributed by atoms with Gasteiger partial charge in [0.25, 0.3) is 5.91 Å². The normalized spacial score (nSPS) is 19.2. The molecule has 5 rings (SSSR count). The highest BCUT2D eigenvalue weighted by molar-refractivity contribution is 7.12. The second-order valence-electron chi connectivity index (χ2n) is 10.8. The smallest absolute Gasteiger partial charge is 0.264 e. The van der Waals surface area contributed by atoms with E-state index in [-0.39, 0.29) is 23.8 Å². The van der Waals surface area contributed by atoms with E-state index < -0.39 is 0 Å². The van der Waals surface area contributed by atoms with E-state index in [2.05, 4.69) is 42.2 Å². The van der Waals surface area contributed by atoms with Crippen LogP contribution in [0.15, 0.2) is 54.0 Å². The molecular formula is C31H39N3O3S. The standard InChI is InChI=1S/C31H39N3O3S/c1-3-13-31(28-8-4-15-32-28,25-11-9-23-10-12-26(37-2)21-24(23)20-25)14-6-16-33-17-18-34(22-29(33)35)30(36)27-7-5-19-38-27/h4-5,7-8,10,12,15,19,21,25,32H,3,6,9,11,13-14,16-18,20,22H2,1-2H3. The third-order valence-electron chi connectivity index (χ3n) is 8.64. The van der Waals surface area contributed by atoms with Crippen LogP contribution in [-0.2, 0) is 23.1 Å². The molecule has 0 radical (unpaired) electrons. The summed E-state index contributed by atoms with van der Waals surface area (Å²) in [5.74, 6) is 1.48. The number of hydrogen-bond acceptors (Lipinski definition) is 4. The number of fused-ring (bicyclic) bond motifs is 1. The average molecular weight is 534 g/mol. The highest BCUT2D eigenvalue weighted by Gasteiger charge is 2.41. The van der Waals surface area contributed by atoms with Gasteiger partial charge in [0.05, 0.1) is 12.0 Å². The fourth-order valence-electron chi connectivity index (χ4n) is 6.70. The van der Waals surface area contributed by atoms with Crippen molar-refractivity contribution < 1.29 is 14.3 Å². The lowest BCUT2D eigenvalue weighted by Gasteiger charge is -2.44. The van der Waals surface area contributed by atoms with Gasteiger partial charge in [-0.05, 0) is 91.3 Å². The molecule has 2 aromatic heterocycles. The number of benzene rings is 1. The summed E-state index contributed by atoms with van der Waals surface area (Å²) in [7, 11) is 1.74. The Bertz CT molecular complexity index is 1220. The van der Waals surface area contributed by atoms with Crippen LogP contribution in [0.5, 0.6) is 5.75 Å². The molecule has 3 heterocycles. The van der Waals surface area contributed by atoms with Crippen LogP contribution in [0.1, 0.15) is 65.5 Å². The van der Waals surface area contributed by atoms with Gasteiger partial charge in [-0.2, -0.15) is 0 Å².